The van der Waals surface area contributed by atoms with Crippen molar-refractivity contribution in [3.05, 3.63) is 23.4 Å². The lowest BCUT2D eigenvalue weighted by atomic mass is 9.96. The van der Waals surface area contributed by atoms with E-state index in [1.807, 2.05) is 0 Å². The van der Waals surface area contributed by atoms with Crippen LogP contribution in [0, 0.1) is 0 Å². The van der Waals surface area contributed by atoms with Crippen LogP contribution >= 0.6 is 7.94 Å². The molecule has 0 amide bonds. The Morgan fingerprint density at radius 2 is 1.19 bits per heavy atom. The SMILES string of the molecule is c1cc2c(nc1O[P+](N1CCCC1)(N1CCCC1)N1CCCC1)CCCC2. The molecule has 5 rings (SSSR count). The molecule has 0 atom stereocenters. The first-order valence-electron chi connectivity index (χ1n) is 11.2. The Balaban J connectivity index is 1.52. The van der Waals surface area contributed by atoms with Crippen molar-refractivity contribution in [3.63, 3.8) is 0 Å². The van der Waals surface area contributed by atoms with Gasteiger partial charge in [-0.25, -0.2) is 4.98 Å². The van der Waals surface area contributed by atoms with Gasteiger partial charge in [0.05, 0.1) is 0 Å². The van der Waals surface area contributed by atoms with Crippen molar-refractivity contribution in [1.29, 1.82) is 0 Å². The molecule has 3 aliphatic heterocycles. The smallest absolute Gasteiger partial charge is 0.272 e. The van der Waals surface area contributed by atoms with Gasteiger partial charge in [0, 0.05) is 51.0 Å². The van der Waals surface area contributed by atoms with Crippen molar-refractivity contribution >= 4 is 7.94 Å². The predicted octanol–water partition coefficient (Wildman–Crippen LogP) is 4.30. The number of hydrogen-bond acceptors (Lipinski definition) is 5. The van der Waals surface area contributed by atoms with E-state index >= 15 is 0 Å². The number of aromatic nitrogens is 1. The van der Waals surface area contributed by atoms with Gasteiger partial charge in [0.25, 0.3) is 5.88 Å². The van der Waals surface area contributed by atoms with Crippen molar-refractivity contribution in [1.82, 2.24) is 19.0 Å². The zero-order valence-electron chi connectivity index (χ0n) is 16.6. The van der Waals surface area contributed by atoms with Gasteiger partial charge in [-0.1, -0.05) is 6.07 Å². The molecule has 6 heteroatoms. The molecule has 4 heterocycles. The third-order valence-electron chi connectivity index (χ3n) is 6.72. The molecule has 0 saturated carbocycles. The fourth-order valence-electron chi connectivity index (χ4n) is 5.33. The molecule has 148 valence electrons. The van der Waals surface area contributed by atoms with Crippen molar-refractivity contribution in [3.8, 4) is 5.88 Å². The fraction of sp³-hybridized carbons (Fsp3) is 0.762. The Morgan fingerprint density at radius 1 is 0.667 bits per heavy atom. The van der Waals surface area contributed by atoms with Crippen LogP contribution in [0.15, 0.2) is 12.1 Å². The van der Waals surface area contributed by atoms with E-state index < -0.39 is 7.94 Å². The standard InChI is InChI=1S/C21H34N4OP/c1-2-10-20-19(9-1)11-12-21(22-20)26-27(23-13-3-4-14-23,24-15-5-6-16-24)25-17-7-8-18-25/h11-12H,1-10,13-18H2/q+1. The van der Waals surface area contributed by atoms with Gasteiger partial charge in [0.1, 0.15) is 0 Å². The summed E-state index contributed by atoms with van der Waals surface area (Å²) in [7, 11) is -1.96. The van der Waals surface area contributed by atoms with Crippen molar-refractivity contribution < 1.29 is 4.52 Å². The first-order chi connectivity index (χ1) is 13.4. The molecule has 0 N–H and O–H groups in total. The maximum Gasteiger partial charge on any atom is 0.420 e. The van der Waals surface area contributed by atoms with Crippen molar-refractivity contribution in [2.24, 2.45) is 0 Å². The Bertz CT molecular complexity index is 611. The van der Waals surface area contributed by atoms with E-state index in [4.69, 9.17) is 9.51 Å². The fourth-order valence-corrected chi connectivity index (χ4v) is 9.52. The van der Waals surface area contributed by atoms with Gasteiger partial charge >= 0.3 is 7.94 Å². The van der Waals surface area contributed by atoms with Crippen molar-refractivity contribution in [2.45, 2.75) is 64.2 Å². The van der Waals surface area contributed by atoms with Crippen LogP contribution in [-0.2, 0) is 12.8 Å². The minimum atomic E-state index is -1.96. The van der Waals surface area contributed by atoms with Crippen LogP contribution in [0.3, 0.4) is 0 Å². The first-order valence-corrected chi connectivity index (χ1v) is 12.8. The Labute approximate surface area is 164 Å². The minimum absolute atomic E-state index is 0.884. The van der Waals surface area contributed by atoms with Crippen LogP contribution in [0.4, 0.5) is 0 Å². The molecular weight excluding hydrogens is 355 g/mol. The molecule has 1 aromatic rings. The molecule has 5 nitrogen and oxygen atoms in total. The van der Waals surface area contributed by atoms with E-state index in [1.54, 1.807) is 0 Å². The number of nitrogens with zero attached hydrogens (tertiary/aromatic N) is 4. The highest BCUT2D eigenvalue weighted by atomic mass is 31.2. The molecule has 1 aliphatic carbocycles. The minimum Gasteiger partial charge on any atom is -0.272 e. The Morgan fingerprint density at radius 3 is 1.74 bits per heavy atom. The number of rotatable bonds is 5. The summed E-state index contributed by atoms with van der Waals surface area (Å²) in [6, 6.07) is 4.46. The van der Waals surface area contributed by atoms with E-state index in [0.717, 1.165) is 12.3 Å². The Hall–Kier alpha value is -0.740. The lowest BCUT2D eigenvalue weighted by molar-refractivity contribution is 0.289. The summed E-state index contributed by atoms with van der Waals surface area (Å²) in [5.74, 6) is 0.884. The lowest BCUT2D eigenvalue weighted by Gasteiger charge is -2.40. The summed E-state index contributed by atoms with van der Waals surface area (Å²) in [5.41, 5.74) is 2.74. The number of hydrogen-bond donors (Lipinski definition) is 0. The molecule has 1 aromatic heterocycles. The largest absolute Gasteiger partial charge is 0.420 e. The molecular formula is C21H34N4OP+. The van der Waals surface area contributed by atoms with Gasteiger partial charge in [0.2, 0.25) is 0 Å². The second-order valence-electron chi connectivity index (χ2n) is 8.55. The van der Waals surface area contributed by atoms with E-state index in [-0.39, 0.29) is 0 Å². The van der Waals surface area contributed by atoms with Crippen LogP contribution in [0.5, 0.6) is 5.88 Å². The number of fused-ring (bicyclic) bond motifs is 1. The molecule has 0 radical (unpaired) electrons. The summed E-state index contributed by atoms with van der Waals surface area (Å²) in [6.07, 6.45) is 12.7. The monoisotopic (exact) mass is 389 g/mol. The molecule has 0 unspecified atom stereocenters. The number of pyridine rings is 1. The van der Waals surface area contributed by atoms with Gasteiger partial charge in [-0.05, 0) is 69.8 Å². The summed E-state index contributed by atoms with van der Waals surface area (Å²) >= 11 is 0. The van der Waals surface area contributed by atoms with E-state index in [0.29, 0.717) is 0 Å². The maximum atomic E-state index is 7.10. The zero-order valence-corrected chi connectivity index (χ0v) is 17.5. The highest BCUT2D eigenvalue weighted by molar-refractivity contribution is 7.64. The topological polar surface area (TPSA) is 31.8 Å². The highest BCUT2D eigenvalue weighted by Gasteiger charge is 2.62. The summed E-state index contributed by atoms with van der Waals surface area (Å²) in [6.45, 7) is 7.12. The average Bonchev–Trinajstić information content (AvgIpc) is 3.49. The van der Waals surface area contributed by atoms with Crippen LogP contribution in [0.1, 0.15) is 62.6 Å². The lowest BCUT2D eigenvalue weighted by Crippen LogP contribution is -2.45. The first kappa shape index (κ1) is 18.3. The maximum absolute atomic E-state index is 7.10. The zero-order chi connectivity index (χ0) is 18.1. The van der Waals surface area contributed by atoms with E-state index in [9.17, 15) is 0 Å². The van der Waals surface area contributed by atoms with Crippen molar-refractivity contribution in [2.75, 3.05) is 39.3 Å². The van der Waals surface area contributed by atoms with E-state index in [2.05, 4.69) is 26.1 Å². The quantitative estimate of drug-likeness (QED) is 0.701. The van der Waals surface area contributed by atoms with Gasteiger partial charge < -0.3 is 0 Å². The van der Waals surface area contributed by atoms with Gasteiger partial charge in [-0.2, -0.15) is 0 Å². The van der Waals surface area contributed by atoms with Crippen LogP contribution in [0.25, 0.3) is 0 Å². The summed E-state index contributed by atoms with van der Waals surface area (Å²) in [5, 5.41) is 0. The van der Waals surface area contributed by atoms with E-state index in [1.165, 1.54) is 108 Å². The molecule has 27 heavy (non-hydrogen) atoms. The second-order valence-corrected chi connectivity index (χ2v) is 11.5. The molecule has 0 bridgehead atoms. The molecule has 4 aliphatic rings. The third kappa shape index (κ3) is 3.42. The van der Waals surface area contributed by atoms with Gasteiger partial charge in [0.15, 0.2) is 0 Å². The normalized spacial score (nSPS) is 25.2. The van der Waals surface area contributed by atoms with Gasteiger partial charge in [-0.15, -0.1) is 14.0 Å². The number of aryl methyl sites for hydroxylation is 2. The predicted molar refractivity (Wildman–Crippen MR) is 111 cm³/mol. The van der Waals surface area contributed by atoms with Crippen LogP contribution in [0.2, 0.25) is 0 Å². The molecule has 3 saturated heterocycles. The molecule has 3 fully saturated rings. The third-order valence-corrected chi connectivity index (χ3v) is 10.6. The Kier molecular flexibility index (Phi) is 5.38. The van der Waals surface area contributed by atoms with Crippen LogP contribution < -0.4 is 4.52 Å². The highest BCUT2D eigenvalue weighted by Crippen LogP contribution is 2.70. The second kappa shape index (κ2) is 7.94. The molecule has 0 spiro atoms. The van der Waals surface area contributed by atoms with Crippen LogP contribution in [-0.4, -0.2) is 58.3 Å². The summed E-state index contributed by atoms with van der Waals surface area (Å²) < 4.78 is 15.3. The molecule has 0 aromatic carbocycles. The summed E-state index contributed by atoms with van der Waals surface area (Å²) in [4.78, 5) is 5.04. The van der Waals surface area contributed by atoms with Gasteiger partial charge in [-0.3, -0.25) is 4.52 Å². The average molecular weight is 390 g/mol.